The lowest BCUT2D eigenvalue weighted by molar-refractivity contribution is -0.145. The lowest BCUT2D eigenvalue weighted by Gasteiger charge is -2.30. The molecule has 1 aliphatic rings. The molecule has 1 atom stereocenters. The summed E-state index contributed by atoms with van der Waals surface area (Å²) >= 11 is 0. The van der Waals surface area contributed by atoms with E-state index in [-0.39, 0.29) is 18.4 Å². The van der Waals surface area contributed by atoms with Crippen molar-refractivity contribution in [3.05, 3.63) is 29.8 Å². The van der Waals surface area contributed by atoms with Crippen LogP contribution in [0.3, 0.4) is 0 Å². The summed E-state index contributed by atoms with van der Waals surface area (Å²) in [4.78, 5) is 27.2. The van der Waals surface area contributed by atoms with Crippen LogP contribution in [0.1, 0.15) is 17.9 Å². The molecule has 6 heteroatoms. The maximum Gasteiger partial charge on any atom is 0.323 e. The van der Waals surface area contributed by atoms with E-state index in [2.05, 4.69) is 0 Å². The SMILES string of the molecule is CN(C)CCN(CC(=O)O)C(=O)[C@@H]1CCOc2ccccc21. The Labute approximate surface area is 130 Å². The highest BCUT2D eigenvalue weighted by Crippen LogP contribution is 2.34. The summed E-state index contributed by atoms with van der Waals surface area (Å²) in [6, 6.07) is 7.46. The second-order valence-electron chi connectivity index (χ2n) is 5.68. The summed E-state index contributed by atoms with van der Waals surface area (Å²) in [5.74, 6) is -0.742. The average Bonchev–Trinajstić information content (AvgIpc) is 2.49. The minimum Gasteiger partial charge on any atom is -0.493 e. The number of hydrogen-bond donors (Lipinski definition) is 1. The molecule has 0 fully saturated rings. The molecule has 0 aliphatic carbocycles. The number of carboxylic acids is 1. The Hall–Kier alpha value is -2.08. The fraction of sp³-hybridized carbons (Fsp3) is 0.500. The average molecular weight is 306 g/mol. The molecule has 0 saturated heterocycles. The third-order valence-electron chi connectivity index (χ3n) is 3.71. The molecule has 1 N–H and O–H groups in total. The van der Waals surface area contributed by atoms with E-state index in [4.69, 9.17) is 9.84 Å². The van der Waals surface area contributed by atoms with E-state index in [1.54, 1.807) is 0 Å². The first-order chi connectivity index (χ1) is 10.5. The Morgan fingerprint density at radius 2 is 2.00 bits per heavy atom. The smallest absolute Gasteiger partial charge is 0.323 e. The molecule has 22 heavy (non-hydrogen) atoms. The van der Waals surface area contributed by atoms with Crippen molar-refractivity contribution in [2.75, 3.05) is 40.3 Å². The van der Waals surface area contributed by atoms with E-state index in [9.17, 15) is 9.59 Å². The topological polar surface area (TPSA) is 70.1 Å². The van der Waals surface area contributed by atoms with Crippen molar-refractivity contribution in [3.8, 4) is 5.75 Å². The second-order valence-corrected chi connectivity index (χ2v) is 5.68. The van der Waals surface area contributed by atoms with Crippen LogP contribution in [0.4, 0.5) is 0 Å². The first-order valence-electron chi connectivity index (χ1n) is 7.36. The number of amides is 1. The molecule has 1 aromatic carbocycles. The summed E-state index contributed by atoms with van der Waals surface area (Å²) in [7, 11) is 3.79. The molecule has 1 aromatic rings. The number of carbonyl (C=O) groups is 2. The van der Waals surface area contributed by atoms with Crippen LogP contribution in [0.25, 0.3) is 0 Å². The van der Waals surface area contributed by atoms with Gasteiger partial charge in [-0.15, -0.1) is 0 Å². The minimum absolute atomic E-state index is 0.139. The largest absolute Gasteiger partial charge is 0.493 e. The highest BCUT2D eigenvalue weighted by atomic mass is 16.5. The van der Waals surface area contributed by atoms with Crippen LogP contribution in [0.5, 0.6) is 5.75 Å². The van der Waals surface area contributed by atoms with Gasteiger partial charge in [0.15, 0.2) is 0 Å². The number of ether oxygens (including phenoxy) is 1. The van der Waals surface area contributed by atoms with Crippen LogP contribution in [0.15, 0.2) is 24.3 Å². The summed E-state index contributed by atoms with van der Waals surface area (Å²) in [6.45, 7) is 1.23. The lowest BCUT2D eigenvalue weighted by atomic mass is 9.91. The maximum absolute atomic E-state index is 12.8. The first-order valence-corrected chi connectivity index (χ1v) is 7.36. The Morgan fingerprint density at radius 3 is 2.68 bits per heavy atom. The van der Waals surface area contributed by atoms with Gasteiger partial charge in [-0.2, -0.15) is 0 Å². The predicted octanol–water partition coefficient (Wildman–Crippen LogP) is 1.03. The number of benzene rings is 1. The van der Waals surface area contributed by atoms with Gasteiger partial charge in [-0.25, -0.2) is 0 Å². The first kappa shape index (κ1) is 16.3. The molecular formula is C16H22N2O4. The molecule has 0 saturated carbocycles. The Kier molecular flexibility index (Phi) is 5.38. The van der Waals surface area contributed by atoms with Gasteiger partial charge in [0, 0.05) is 18.7 Å². The van der Waals surface area contributed by atoms with Crippen LogP contribution in [-0.2, 0) is 9.59 Å². The maximum atomic E-state index is 12.8. The molecule has 1 aliphatic heterocycles. The van der Waals surface area contributed by atoms with Gasteiger partial charge in [-0.3, -0.25) is 9.59 Å². The van der Waals surface area contributed by atoms with Crippen molar-refractivity contribution in [1.82, 2.24) is 9.80 Å². The van der Waals surface area contributed by atoms with Gasteiger partial charge < -0.3 is 19.6 Å². The lowest BCUT2D eigenvalue weighted by Crippen LogP contribution is -2.43. The third-order valence-corrected chi connectivity index (χ3v) is 3.71. The van der Waals surface area contributed by atoms with Gasteiger partial charge >= 0.3 is 5.97 Å². The number of hydrogen-bond acceptors (Lipinski definition) is 4. The van der Waals surface area contributed by atoms with Crippen LogP contribution in [0.2, 0.25) is 0 Å². The quantitative estimate of drug-likeness (QED) is 0.850. The molecule has 0 aromatic heterocycles. The van der Waals surface area contributed by atoms with E-state index >= 15 is 0 Å². The molecule has 1 amide bonds. The molecule has 0 spiro atoms. The summed E-state index contributed by atoms with van der Waals surface area (Å²) < 4.78 is 5.57. The number of carboxylic acid groups (broad SMARTS) is 1. The zero-order valence-electron chi connectivity index (χ0n) is 13.0. The van der Waals surface area contributed by atoms with Crippen LogP contribution >= 0.6 is 0 Å². The van der Waals surface area contributed by atoms with Crippen molar-refractivity contribution < 1.29 is 19.4 Å². The van der Waals surface area contributed by atoms with Crippen LogP contribution in [0, 0.1) is 0 Å². The summed E-state index contributed by atoms with van der Waals surface area (Å²) in [5, 5.41) is 9.06. The fourth-order valence-electron chi connectivity index (χ4n) is 2.57. The van der Waals surface area contributed by atoms with Gasteiger partial charge in [0.25, 0.3) is 0 Å². The number of carbonyl (C=O) groups excluding carboxylic acids is 1. The van der Waals surface area contributed by atoms with Gasteiger partial charge in [-0.05, 0) is 26.6 Å². The van der Waals surface area contributed by atoms with E-state index < -0.39 is 5.97 Å². The summed E-state index contributed by atoms with van der Waals surface area (Å²) in [6.07, 6.45) is 0.577. The number of likely N-dealkylation sites (N-methyl/N-ethyl adjacent to an activating group) is 1. The second kappa shape index (κ2) is 7.26. The van der Waals surface area contributed by atoms with Gasteiger partial charge in [0.1, 0.15) is 12.3 Å². The van der Waals surface area contributed by atoms with Gasteiger partial charge in [-0.1, -0.05) is 18.2 Å². The molecule has 0 unspecified atom stereocenters. The van der Waals surface area contributed by atoms with Crippen molar-refractivity contribution in [1.29, 1.82) is 0 Å². The molecule has 1 heterocycles. The third kappa shape index (κ3) is 3.98. The standard InChI is InChI=1S/C16H22N2O4/c1-17(2)8-9-18(11-15(19)20)16(21)13-7-10-22-14-6-4-3-5-12(13)14/h3-6,13H,7-11H2,1-2H3,(H,19,20)/t13-/m1/s1. The number of aliphatic carboxylic acids is 1. The number of para-hydroxylation sites is 1. The zero-order chi connectivity index (χ0) is 16.1. The van der Waals surface area contributed by atoms with E-state index in [0.29, 0.717) is 26.1 Å². The Bertz CT molecular complexity index is 545. The van der Waals surface area contributed by atoms with Crippen molar-refractivity contribution in [3.63, 3.8) is 0 Å². The molecule has 6 nitrogen and oxygen atoms in total. The molecular weight excluding hydrogens is 284 g/mol. The van der Waals surface area contributed by atoms with Crippen molar-refractivity contribution >= 4 is 11.9 Å². The monoisotopic (exact) mass is 306 g/mol. The Morgan fingerprint density at radius 1 is 1.27 bits per heavy atom. The van der Waals surface area contributed by atoms with Gasteiger partial charge in [0.05, 0.1) is 12.5 Å². The number of rotatable bonds is 6. The minimum atomic E-state index is -0.993. The summed E-state index contributed by atoms with van der Waals surface area (Å²) in [5.41, 5.74) is 0.846. The van der Waals surface area contributed by atoms with Gasteiger partial charge in [0.2, 0.25) is 5.91 Å². The number of fused-ring (bicyclic) bond motifs is 1. The zero-order valence-corrected chi connectivity index (χ0v) is 13.0. The van der Waals surface area contributed by atoms with Crippen LogP contribution < -0.4 is 4.74 Å². The molecule has 0 bridgehead atoms. The van der Waals surface area contributed by atoms with Crippen molar-refractivity contribution in [2.45, 2.75) is 12.3 Å². The normalized spacial score (nSPS) is 16.8. The molecule has 120 valence electrons. The van der Waals surface area contributed by atoms with E-state index in [1.807, 2.05) is 43.3 Å². The highest BCUT2D eigenvalue weighted by molar-refractivity contribution is 5.87. The van der Waals surface area contributed by atoms with Crippen LogP contribution in [-0.4, -0.2) is 67.1 Å². The Balaban J connectivity index is 2.17. The predicted molar refractivity (Wildman–Crippen MR) is 82.1 cm³/mol. The van der Waals surface area contributed by atoms with Crippen molar-refractivity contribution in [2.24, 2.45) is 0 Å². The molecule has 2 rings (SSSR count). The van der Waals surface area contributed by atoms with E-state index in [1.165, 1.54) is 4.90 Å². The number of nitrogens with zero attached hydrogens (tertiary/aromatic N) is 2. The molecule has 0 radical (unpaired) electrons. The highest BCUT2D eigenvalue weighted by Gasteiger charge is 2.31. The van der Waals surface area contributed by atoms with E-state index in [0.717, 1.165) is 11.3 Å². The fourth-order valence-corrected chi connectivity index (χ4v) is 2.57.